The summed E-state index contributed by atoms with van der Waals surface area (Å²) in [6.45, 7) is 4.52. The highest BCUT2D eigenvalue weighted by atomic mass is 16.8. The molecule has 9 nitrogen and oxygen atoms in total. The number of allylic oxidation sites excluding steroid dienone is 5. The highest BCUT2D eigenvalue weighted by Gasteiger charge is 2.94. The second-order valence-electron chi connectivity index (χ2n) is 8.73. The third kappa shape index (κ3) is 2.79. The van der Waals surface area contributed by atoms with Gasteiger partial charge in [0.25, 0.3) is 5.91 Å². The van der Waals surface area contributed by atoms with E-state index in [1.165, 1.54) is 6.21 Å². The van der Waals surface area contributed by atoms with Crippen LogP contribution in [0.3, 0.4) is 0 Å². The SMILES string of the molecule is COC1=C/C=C/C=C(/C(=O)Nc2ccc3c(c2)C2C4(OC(N)N)OCC24C(C)(C)O3)N=C1. The van der Waals surface area contributed by atoms with E-state index in [-0.39, 0.29) is 22.9 Å². The predicted octanol–water partition coefficient (Wildman–Crippen LogP) is 1.88. The van der Waals surface area contributed by atoms with E-state index < -0.39 is 17.7 Å². The number of nitrogens with zero attached hydrogens (tertiary/aromatic N) is 1. The molecule has 3 heterocycles. The molecular formula is C23H26N4O5. The second-order valence-corrected chi connectivity index (χ2v) is 8.73. The van der Waals surface area contributed by atoms with Crippen molar-refractivity contribution in [2.45, 2.75) is 37.5 Å². The Morgan fingerprint density at radius 3 is 2.75 bits per heavy atom. The van der Waals surface area contributed by atoms with Crippen LogP contribution in [-0.4, -0.2) is 43.6 Å². The fraction of sp³-hybridized carbons (Fsp3) is 0.391. The van der Waals surface area contributed by atoms with Crippen LogP contribution in [-0.2, 0) is 19.0 Å². The molecule has 5 N–H and O–H groups in total. The van der Waals surface area contributed by atoms with E-state index in [4.69, 9.17) is 30.4 Å². The minimum absolute atomic E-state index is 0.101. The molecule has 0 aromatic heterocycles. The average Bonchev–Trinajstić information content (AvgIpc) is 3.12. The lowest BCUT2D eigenvalue weighted by Gasteiger charge is -2.45. The molecule has 0 radical (unpaired) electrons. The van der Waals surface area contributed by atoms with Gasteiger partial charge >= 0.3 is 0 Å². The van der Waals surface area contributed by atoms with Gasteiger partial charge in [0.2, 0.25) is 0 Å². The third-order valence-electron chi connectivity index (χ3n) is 6.68. The molecule has 5 rings (SSSR count). The summed E-state index contributed by atoms with van der Waals surface area (Å²) in [5, 5.41) is 2.90. The zero-order valence-electron chi connectivity index (χ0n) is 18.1. The van der Waals surface area contributed by atoms with E-state index in [1.807, 2.05) is 26.0 Å². The molecule has 3 aliphatic heterocycles. The van der Waals surface area contributed by atoms with Gasteiger partial charge in [-0.3, -0.25) is 16.3 Å². The minimum atomic E-state index is -0.969. The number of fused-ring (bicyclic) bond motifs is 3. The molecule has 4 aliphatic rings. The van der Waals surface area contributed by atoms with Crippen molar-refractivity contribution in [3.8, 4) is 5.75 Å². The first kappa shape index (κ1) is 20.9. The number of carbonyl (C=O) groups excluding carboxylic acids is 1. The summed E-state index contributed by atoms with van der Waals surface area (Å²) in [7, 11) is 1.54. The van der Waals surface area contributed by atoms with Crippen molar-refractivity contribution in [2.24, 2.45) is 21.9 Å². The van der Waals surface area contributed by atoms with Gasteiger partial charge in [-0.05, 0) is 44.2 Å². The number of methoxy groups -OCH3 is 1. The largest absolute Gasteiger partial charge is 0.495 e. The zero-order chi connectivity index (χ0) is 22.7. The van der Waals surface area contributed by atoms with Gasteiger partial charge in [0.1, 0.15) is 22.8 Å². The fourth-order valence-electron chi connectivity index (χ4n) is 5.11. The Hall–Kier alpha value is -2.98. The van der Waals surface area contributed by atoms with Crippen LogP contribution >= 0.6 is 0 Å². The van der Waals surface area contributed by atoms with Crippen molar-refractivity contribution in [1.29, 1.82) is 0 Å². The monoisotopic (exact) mass is 438 g/mol. The van der Waals surface area contributed by atoms with Crippen molar-refractivity contribution < 1.29 is 23.7 Å². The molecule has 2 fully saturated rings. The second kappa shape index (κ2) is 7.01. The highest BCUT2D eigenvalue weighted by Crippen LogP contribution is 2.83. The smallest absolute Gasteiger partial charge is 0.274 e. The quantitative estimate of drug-likeness (QED) is 0.598. The standard InChI is InChI=1S/C23H26N4O5/c1-21(2)22-12-30-23(22,32-20(24)25)18(22)15-10-13(8-9-17(15)31-21)27-19(28)16-7-5-4-6-14(29-3)11-26-16/h4-11,18,20H,12,24-25H2,1-3H3,(H,27,28)/b5-4+,6-4?,7-5?,14-6?,14-11?,16-7-,26-11?,26-16?. The Labute approximate surface area is 185 Å². The summed E-state index contributed by atoms with van der Waals surface area (Å²) in [6, 6.07) is 5.52. The Morgan fingerprint density at radius 2 is 2.06 bits per heavy atom. The van der Waals surface area contributed by atoms with Gasteiger partial charge in [0.15, 0.2) is 12.1 Å². The molecule has 0 bridgehead atoms. The van der Waals surface area contributed by atoms with Crippen molar-refractivity contribution in [3.05, 3.63) is 59.5 Å². The number of carbonyl (C=O) groups is 1. The minimum Gasteiger partial charge on any atom is -0.495 e. The van der Waals surface area contributed by atoms with Gasteiger partial charge in [-0.1, -0.05) is 12.2 Å². The van der Waals surface area contributed by atoms with Crippen LogP contribution in [0.5, 0.6) is 5.75 Å². The Balaban J connectivity index is 1.42. The van der Waals surface area contributed by atoms with Crippen LogP contribution < -0.4 is 21.5 Å². The molecule has 32 heavy (non-hydrogen) atoms. The van der Waals surface area contributed by atoms with Crippen molar-refractivity contribution in [3.63, 3.8) is 0 Å². The number of nitrogens with one attached hydrogen (secondary N) is 1. The lowest BCUT2D eigenvalue weighted by molar-refractivity contribution is -0.307. The summed E-state index contributed by atoms with van der Waals surface area (Å²) in [5.74, 6) is -0.100. The summed E-state index contributed by atoms with van der Waals surface area (Å²) < 4.78 is 23.2. The molecule has 1 aromatic rings. The first-order valence-corrected chi connectivity index (χ1v) is 10.4. The van der Waals surface area contributed by atoms with Gasteiger partial charge < -0.3 is 24.3 Å². The van der Waals surface area contributed by atoms with Gasteiger partial charge in [-0.25, -0.2) is 4.99 Å². The molecule has 1 spiro atoms. The van der Waals surface area contributed by atoms with E-state index in [0.29, 0.717) is 18.1 Å². The molecule has 1 saturated carbocycles. The van der Waals surface area contributed by atoms with E-state index in [0.717, 1.165) is 11.3 Å². The number of amides is 1. The number of ether oxygens (including phenoxy) is 4. The molecule has 3 atom stereocenters. The molecule has 1 amide bonds. The van der Waals surface area contributed by atoms with Crippen LogP contribution in [0.25, 0.3) is 0 Å². The lowest BCUT2D eigenvalue weighted by Crippen LogP contribution is -2.58. The van der Waals surface area contributed by atoms with Crippen LogP contribution in [0.1, 0.15) is 25.3 Å². The molecule has 1 aliphatic carbocycles. The van der Waals surface area contributed by atoms with Gasteiger partial charge in [-0.15, -0.1) is 0 Å². The first-order valence-electron chi connectivity index (χ1n) is 10.4. The number of hydrogen-bond donors (Lipinski definition) is 3. The maximum Gasteiger partial charge on any atom is 0.274 e. The molecule has 3 unspecified atom stereocenters. The van der Waals surface area contributed by atoms with Crippen LogP contribution in [0.15, 0.2) is 59.0 Å². The van der Waals surface area contributed by atoms with Gasteiger partial charge in [0, 0.05) is 11.3 Å². The number of hydrogen-bond acceptors (Lipinski definition) is 8. The highest BCUT2D eigenvalue weighted by molar-refractivity contribution is 6.05. The van der Waals surface area contributed by atoms with Crippen LogP contribution in [0.2, 0.25) is 0 Å². The van der Waals surface area contributed by atoms with Gasteiger partial charge in [0.05, 0.1) is 31.3 Å². The Morgan fingerprint density at radius 1 is 1.28 bits per heavy atom. The predicted molar refractivity (Wildman–Crippen MR) is 118 cm³/mol. The van der Waals surface area contributed by atoms with E-state index in [1.54, 1.807) is 37.5 Å². The number of benzene rings is 1. The maximum absolute atomic E-state index is 12.8. The van der Waals surface area contributed by atoms with Crippen molar-refractivity contribution >= 4 is 17.8 Å². The van der Waals surface area contributed by atoms with E-state index in [9.17, 15) is 4.79 Å². The third-order valence-corrected chi connectivity index (χ3v) is 6.68. The maximum atomic E-state index is 12.8. The van der Waals surface area contributed by atoms with Crippen LogP contribution in [0.4, 0.5) is 5.69 Å². The molecule has 9 heteroatoms. The summed E-state index contributed by atoms with van der Waals surface area (Å²) in [4.78, 5) is 17.1. The summed E-state index contributed by atoms with van der Waals surface area (Å²) >= 11 is 0. The topological polar surface area (TPSA) is 130 Å². The Bertz CT molecular complexity index is 1110. The van der Waals surface area contributed by atoms with Crippen molar-refractivity contribution in [1.82, 2.24) is 0 Å². The number of aliphatic imine (C=N–C) groups is 1. The number of nitrogens with two attached hydrogens (primary N) is 2. The van der Waals surface area contributed by atoms with Gasteiger partial charge in [-0.2, -0.15) is 0 Å². The van der Waals surface area contributed by atoms with Crippen molar-refractivity contribution in [2.75, 3.05) is 19.0 Å². The Kier molecular flexibility index (Phi) is 4.58. The summed E-state index contributed by atoms with van der Waals surface area (Å²) in [5.41, 5.74) is 12.3. The molecule has 1 saturated heterocycles. The normalized spacial score (nSPS) is 33.5. The average molecular weight is 438 g/mol. The molecular weight excluding hydrogens is 412 g/mol. The van der Waals surface area contributed by atoms with E-state index in [2.05, 4.69) is 10.3 Å². The summed E-state index contributed by atoms with van der Waals surface area (Å²) in [6.07, 6.45) is 7.42. The number of rotatable bonds is 5. The molecule has 168 valence electrons. The lowest BCUT2D eigenvalue weighted by atomic mass is 9.79. The fourth-order valence-corrected chi connectivity index (χ4v) is 5.11. The first-order chi connectivity index (χ1) is 15.2. The molecule has 1 aromatic carbocycles. The van der Waals surface area contributed by atoms with Crippen LogP contribution in [0, 0.1) is 5.41 Å². The zero-order valence-corrected chi connectivity index (χ0v) is 18.1. The number of anilines is 1. The van der Waals surface area contributed by atoms with E-state index >= 15 is 0 Å².